The number of rotatable bonds is 9. The molecule has 114 valence electrons. The lowest BCUT2D eigenvalue weighted by Crippen LogP contribution is -2.28. The SMILES string of the molecule is COCCNCC(Cc1ccc(Br)cc1)Cc1ccsc1. The van der Waals surface area contributed by atoms with Crippen LogP contribution in [0.4, 0.5) is 0 Å². The summed E-state index contributed by atoms with van der Waals surface area (Å²) in [4.78, 5) is 0. The minimum atomic E-state index is 0.609. The minimum Gasteiger partial charge on any atom is -0.383 e. The van der Waals surface area contributed by atoms with E-state index in [0.29, 0.717) is 5.92 Å². The largest absolute Gasteiger partial charge is 0.383 e. The lowest BCUT2D eigenvalue weighted by molar-refractivity contribution is 0.197. The molecule has 4 heteroatoms. The fourth-order valence-electron chi connectivity index (χ4n) is 2.39. The molecule has 1 aromatic heterocycles. The monoisotopic (exact) mass is 367 g/mol. The van der Waals surface area contributed by atoms with Crippen molar-refractivity contribution in [2.24, 2.45) is 5.92 Å². The number of nitrogens with one attached hydrogen (secondary N) is 1. The summed E-state index contributed by atoms with van der Waals surface area (Å²) >= 11 is 5.27. The van der Waals surface area contributed by atoms with Gasteiger partial charge < -0.3 is 10.1 Å². The van der Waals surface area contributed by atoms with Gasteiger partial charge in [-0.15, -0.1) is 0 Å². The zero-order valence-electron chi connectivity index (χ0n) is 12.3. The molecule has 1 N–H and O–H groups in total. The standard InChI is InChI=1S/C17H22BrNOS/c1-20-8-7-19-12-16(11-15-6-9-21-13-15)10-14-2-4-17(18)5-3-14/h2-6,9,13,16,19H,7-8,10-12H2,1H3. The number of hydrogen-bond donors (Lipinski definition) is 1. The van der Waals surface area contributed by atoms with E-state index in [1.54, 1.807) is 18.4 Å². The highest BCUT2D eigenvalue weighted by molar-refractivity contribution is 9.10. The zero-order chi connectivity index (χ0) is 14.9. The van der Waals surface area contributed by atoms with Crippen molar-refractivity contribution in [1.82, 2.24) is 5.32 Å². The Morgan fingerprint density at radius 1 is 1.14 bits per heavy atom. The van der Waals surface area contributed by atoms with Crippen LogP contribution in [-0.4, -0.2) is 26.8 Å². The van der Waals surface area contributed by atoms with Crippen molar-refractivity contribution in [2.75, 3.05) is 26.8 Å². The van der Waals surface area contributed by atoms with E-state index in [0.717, 1.165) is 37.0 Å². The van der Waals surface area contributed by atoms with Gasteiger partial charge >= 0.3 is 0 Å². The van der Waals surface area contributed by atoms with Crippen molar-refractivity contribution in [3.63, 3.8) is 0 Å². The van der Waals surface area contributed by atoms with Crippen LogP contribution in [0, 0.1) is 5.92 Å². The zero-order valence-corrected chi connectivity index (χ0v) is 14.8. The molecule has 0 bridgehead atoms. The summed E-state index contributed by atoms with van der Waals surface area (Å²) in [5, 5.41) is 7.91. The molecule has 1 unspecified atom stereocenters. The number of benzene rings is 1. The summed E-state index contributed by atoms with van der Waals surface area (Å²) in [5.41, 5.74) is 2.84. The first kappa shape index (κ1) is 16.7. The summed E-state index contributed by atoms with van der Waals surface area (Å²) in [7, 11) is 1.74. The molecule has 0 amide bonds. The highest BCUT2D eigenvalue weighted by Crippen LogP contribution is 2.18. The van der Waals surface area contributed by atoms with Crippen LogP contribution >= 0.6 is 27.3 Å². The van der Waals surface area contributed by atoms with Crippen molar-refractivity contribution in [1.29, 1.82) is 0 Å². The highest BCUT2D eigenvalue weighted by Gasteiger charge is 2.11. The third-order valence-corrected chi connectivity index (χ3v) is 4.72. The van der Waals surface area contributed by atoms with Crippen LogP contribution in [0.3, 0.4) is 0 Å². The molecule has 21 heavy (non-hydrogen) atoms. The quantitative estimate of drug-likeness (QED) is 0.672. The van der Waals surface area contributed by atoms with Crippen LogP contribution in [0.1, 0.15) is 11.1 Å². The first-order chi connectivity index (χ1) is 10.3. The normalized spacial score (nSPS) is 12.5. The van der Waals surface area contributed by atoms with Crippen LogP contribution in [-0.2, 0) is 17.6 Å². The Morgan fingerprint density at radius 2 is 1.90 bits per heavy atom. The number of thiophene rings is 1. The molecular formula is C17H22BrNOS. The van der Waals surface area contributed by atoms with E-state index >= 15 is 0 Å². The molecule has 0 fully saturated rings. The fourth-order valence-corrected chi connectivity index (χ4v) is 3.34. The molecule has 2 rings (SSSR count). The van der Waals surface area contributed by atoms with Crippen LogP contribution < -0.4 is 5.32 Å². The van der Waals surface area contributed by atoms with E-state index in [-0.39, 0.29) is 0 Å². The first-order valence-corrected chi connectivity index (χ1v) is 8.96. The van der Waals surface area contributed by atoms with E-state index < -0.39 is 0 Å². The Hall–Kier alpha value is -0.680. The van der Waals surface area contributed by atoms with Gasteiger partial charge in [0.05, 0.1) is 6.61 Å². The van der Waals surface area contributed by atoms with Gasteiger partial charge in [0, 0.05) is 18.1 Å². The lowest BCUT2D eigenvalue weighted by atomic mass is 9.93. The number of ether oxygens (including phenoxy) is 1. The maximum absolute atomic E-state index is 5.09. The molecule has 1 heterocycles. The summed E-state index contributed by atoms with van der Waals surface area (Å²) < 4.78 is 6.23. The van der Waals surface area contributed by atoms with E-state index in [9.17, 15) is 0 Å². The number of hydrogen-bond acceptors (Lipinski definition) is 3. The molecule has 0 saturated heterocycles. The van der Waals surface area contributed by atoms with Crippen LogP contribution in [0.25, 0.3) is 0 Å². The average Bonchev–Trinajstić information content (AvgIpc) is 2.99. The second-order valence-electron chi connectivity index (χ2n) is 5.23. The summed E-state index contributed by atoms with van der Waals surface area (Å²) in [5.74, 6) is 0.609. The Bertz CT molecular complexity index is 498. The lowest BCUT2D eigenvalue weighted by Gasteiger charge is -2.17. The molecule has 1 aromatic carbocycles. The summed E-state index contributed by atoms with van der Waals surface area (Å²) in [6.45, 7) is 2.70. The molecule has 1 atom stereocenters. The van der Waals surface area contributed by atoms with Crippen molar-refractivity contribution in [3.8, 4) is 0 Å². The Morgan fingerprint density at radius 3 is 2.57 bits per heavy atom. The molecule has 0 radical (unpaired) electrons. The van der Waals surface area contributed by atoms with E-state index in [4.69, 9.17) is 4.74 Å². The number of methoxy groups -OCH3 is 1. The third kappa shape index (κ3) is 6.30. The van der Waals surface area contributed by atoms with E-state index in [1.807, 2.05) is 0 Å². The first-order valence-electron chi connectivity index (χ1n) is 7.23. The fraction of sp³-hybridized carbons (Fsp3) is 0.412. The Balaban J connectivity index is 1.91. The van der Waals surface area contributed by atoms with Crippen molar-refractivity contribution in [3.05, 3.63) is 56.7 Å². The Kier molecular flexibility index (Phi) is 7.44. The van der Waals surface area contributed by atoms with Crippen molar-refractivity contribution in [2.45, 2.75) is 12.8 Å². The van der Waals surface area contributed by atoms with Gasteiger partial charge in [0.1, 0.15) is 0 Å². The second-order valence-corrected chi connectivity index (χ2v) is 6.92. The molecule has 0 aliphatic carbocycles. The molecule has 2 nitrogen and oxygen atoms in total. The van der Waals surface area contributed by atoms with Crippen LogP contribution in [0.5, 0.6) is 0 Å². The van der Waals surface area contributed by atoms with Crippen LogP contribution in [0.2, 0.25) is 0 Å². The molecule has 0 saturated carbocycles. The summed E-state index contributed by atoms with van der Waals surface area (Å²) in [6.07, 6.45) is 2.22. The summed E-state index contributed by atoms with van der Waals surface area (Å²) in [6, 6.07) is 10.9. The Labute approximate surface area is 139 Å². The van der Waals surface area contributed by atoms with Gasteiger partial charge in [-0.2, -0.15) is 11.3 Å². The third-order valence-electron chi connectivity index (χ3n) is 3.46. The predicted octanol–water partition coefficient (Wildman–Crippen LogP) is 4.15. The second kappa shape index (κ2) is 9.36. The molecule has 2 aromatic rings. The number of halogens is 1. The van der Waals surface area contributed by atoms with Crippen molar-refractivity contribution >= 4 is 27.3 Å². The average molecular weight is 368 g/mol. The molecule has 0 spiro atoms. The topological polar surface area (TPSA) is 21.3 Å². The maximum atomic E-state index is 5.09. The van der Waals surface area contributed by atoms with Crippen LogP contribution in [0.15, 0.2) is 45.6 Å². The predicted molar refractivity (Wildman–Crippen MR) is 94.1 cm³/mol. The van der Waals surface area contributed by atoms with Gasteiger partial charge in [-0.05, 0) is 65.4 Å². The van der Waals surface area contributed by atoms with Gasteiger partial charge in [0.25, 0.3) is 0 Å². The van der Waals surface area contributed by atoms with Gasteiger partial charge in [0.15, 0.2) is 0 Å². The maximum Gasteiger partial charge on any atom is 0.0587 e. The molecular weight excluding hydrogens is 346 g/mol. The highest BCUT2D eigenvalue weighted by atomic mass is 79.9. The molecule has 0 aliphatic rings. The van der Waals surface area contributed by atoms with E-state index in [1.165, 1.54) is 11.1 Å². The smallest absolute Gasteiger partial charge is 0.0587 e. The van der Waals surface area contributed by atoms with Gasteiger partial charge in [-0.25, -0.2) is 0 Å². The molecule has 0 aliphatic heterocycles. The van der Waals surface area contributed by atoms with Gasteiger partial charge in [-0.1, -0.05) is 28.1 Å². The van der Waals surface area contributed by atoms with Gasteiger partial charge in [0.2, 0.25) is 0 Å². The van der Waals surface area contributed by atoms with Crippen molar-refractivity contribution < 1.29 is 4.74 Å². The van der Waals surface area contributed by atoms with Gasteiger partial charge in [-0.3, -0.25) is 0 Å². The van der Waals surface area contributed by atoms with E-state index in [2.05, 4.69) is 62.3 Å². The minimum absolute atomic E-state index is 0.609.